The number of benzene rings is 4. The molecule has 10 N–H and O–H groups in total. The van der Waals surface area contributed by atoms with Gasteiger partial charge in [-0.3, -0.25) is 14.4 Å². The molecule has 2 aliphatic rings. The van der Waals surface area contributed by atoms with Crippen molar-refractivity contribution in [2.45, 2.75) is 333 Å². The molecule has 4 aromatic carbocycles. The van der Waals surface area contributed by atoms with E-state index in [1.807, 2.05) is 12.1 Å². The number of anilines is 4. The first kappa shape index (κ1) is 147. The molecule has 145 heavy (non-hydrogen) atoms. The molecule has 33 heteroatoms. The van der Waals surface area contributed by atoms with Gasteiger partial charge in [0.1, 0.15) is 34.4 Å². The van der Waals surface area contributed by atoms with Crippen molar-refractivity contribution in [1.82, 2.24) is 16.0 Å². The first-order chi connectivity index (χ1) is 66.3. The molecule has 2 heterocycles. The summed E-state index contributed by atoms with van der Waals surface area (Å²) >= 11 is -0.125. The van der Waals surface area contributed by atoms with Crippen LogP contribution in [0, 0.1) is 12.3 Å². The van der Waals surface area contributed by atoms with Gasteiger partial charge in [0, 0.05) is 35.8 Å². The fraction of sp³-hybridized carbons (Fsp3) is 0.571. The monoisotopic (exact) mass is 2330 g/mol. The fourth-order valence-electron chi connectivity index (χ4n) is 13.1. The number of hydrogen-bond donors (Lipinski definition) is 9. The number of ether oxygens (including phenoxy) is 10. The van der Waals surface area contributed by atoms with Crippen LogP contribution in [0.15, 0.2) is 147 Å². The number of carbonyl (C=O) groups is 10. The minimum atomic E-state index is -2.29. The Morgan fingerprint density at radius 1 is 0.448 bits per heavy atom. The molecule has 0 aromatic heterocycles. The first-order valence-corrected chi connectivity index (χ1v) is 64.8. The van der Waals surface area contributed by atoms with E-state index >= 15 is 0 Å². The predicted octanol–water partition coefficient (Wildman–Crippen LogP) is 25.5. The van der Waals surface area contributed by atoms with Gasteiger partial charge in [0.2, 0.25) is 17.7 Å². The Labute approximate surface area is 897 Å². The maximum Gasteiger partial charge on any atom is 0.408 e. The minimum absolute atomic E-state index is 0. The molecule has 6 rings (SSSR count). The third-order valence-corrected chi connectivity index (χ3v) is 45.4. The molecule has 0 saturated carbocycles. The number of nitrogens with one attached hydrogen (secondary N) is 7. The van der Waals surface area contributed by atoms with Gasteiger partial charge >= 0.3 is 303 Å². The van der Waals surface area contributed by atoms with Crippen molar-refractivity contribution in [3.05, 3.63) is 169 Å². The van der Waals surface area contributed by atoms with Crippen molar-refractivity contribution >= 4 is 167 Å². The Balaban J connectivity index is -0.000000409. The topological polar surface area (TPSA) is 393 Å². The number of rotatable bonds is 48. The Morgan fingerprint density at radius 3 is 1.06 bits per heavy atom. The smallest absolute Gasteiger partial charge is 0.408 e. The summed E-state index contributed by atoms with van der Waals surface area (Å²) < 4.78 is 64.7. The third-order valence-electron chi connectivity index (χ3n) is 20.2. The van der Waals surface area contributed by atoms with E-state index < -0.39 is 85.2 Å². The first-order valence-electron chi connectivity index (χ1n) is 49.3. The van der Waals surface area contributed by atoms with Crippen molar-refractivity contribution in [2.75, 3.05) is 100 Å². The van der Waals surface area contributed by atoms with Gasteiger partial charge in [-0.2, -0.15) is 0 Å². The molecule has 0 spiro atoms. The zero-order valence-corrected chi connectivity index (χ0v) is 95.2. The largest absolute Gasteiger partial charge is 0.462 e. The zero-order valence-electron chi connectivity index (χ0n) is 86.7. The Hall–Kier alpha value is -8.89. The SMILES string of the molecule is C.C.C.C.C.C#Cc1ccc(NC(=O)CNC(=O)OC(C)(C)C)cc1.CCC[CH2][SnH]([CH2]CCC)[CH2]CCC.CCC[CH2][Sn](/[CH]=C/c1ccc(NC(=O)CNC(=O)OC(C)(C)C)cc1)([CH2]CCC)[CH2]CCC.CCOC(=O)/C(Br)=C/COC1CCCCO1.CCOC(=O)C(/C=C/c1ccc(NC(=O)CN)cc1)=C/CO.CCOC(=O)C(/C=C/c1ccc(NC(=O)CNC(=O)OC(C)(C)C)cc1)=C/COC1CCCCO1.Cl. The number of hydrogen-bond acceptors (Lipinski definition) is 22. The number of carbonyl (C=O) groups excluding carboxylic acids is 10. The van der Waals surface area contributed by atoms with E-state index in [2.05, 4.69) is 123 Å². The summed E-state index contributed by atoms with van der Waals surface area (Å²) in [7, 11) is 0. The molecule has 2 unspecified atom stereocenters. The summed E-state index contributed by atoms with van der Waals surface area (Å²) in [4.78, 5) is 117. The van der Waals surface area contributed by atoms with Crippen LogP contribution in [0.5, 0.6) is 0 Å². The van der Waals surface area contributed by atoms with Gasteiger partial charge < -0.3 is 80.1 Å². The average Bonchev–Trinajstić information content (AvgIpc) is 0.855. The number of halogens is 2. The molecule has 822 valence electrons. The fourth-order valence-corrected chi connectivity index (χ4v) is 38.4. The van der Waals surface area contributed by atoms with Crippen LogP contribution in [0.25, 0.3) is 18.2 Å². The van der Waals surface area contributed by atoms with E-state index in [1.54, 1.807) is 206 Å². The van der Waals surface area contributed by atoms with E-state index in [9.17, 15) is 47.9 Å². The van der Waals surface area contributed by atoms with E-state index in [1.165, 1.54) is 102 Å². The number of amides is 7. The van der Waals surface area contributed by atoms with Crippen LogP contribution in [-0.2, 0) is 80.9 Å². The molecular formula is C112H186BrClN8O21Sn2. The van der Waals surface area contributed by atoms with Gasteiger partial charge in [0.25, 0.3) is 0 Å². The molecule has 0 bridgehead atoms. The normalized spacial score (nSPS) is 13.3. The van der Waals surface area contributed by atoms with E-state index in [-0.39, 0.29) is 150 Å². The summed E-state index contributed by atoms with van der Waals surface area (Å²) in [5.41, 5.74) is 10.2. The summed E-state index contributed by atoms with van der Waals surface area (Å²) in [6, 6.07) is 28.9. The molecule has 2 fully saturated rings. The van der Waals surface area contributed by atoms with Gasteiger partial charge in [0.05, 0.1) is 57.3 Å². The molecule has 2 atom stereocenters. The number of aliphatic hydroxyl groups is 1. The molecule has 0 aliphatic carbocycles. The van der Waals surface area contributed by atoms with Crippen molar-refractivity contribution in [2.24, 2.45) is 5.73 Å². The van der Waals surface area contributed by atoms with Gasteiger partial charge in [-0.15, -0.1) is 18.8 Å². The number of alkyl carbamates (subject to hydrolysis) is 3. The van der Waals surface area contributed by atoms with Crippen LogP contribution in [0.2, 0.25) is 26.6 Å². The molecular weight excluding hydrogens is 2150 g/mol. The molecule has 4 aromatic rings. The van der Waals surface area contributed by atoms with Gasteiger partial charge in [-0.25, -0.2) is 24.0 Å². The maximum absolute atomic E-state index is 12.3. The molecule has 2 aliphatic heterocycles. The van der Waals surface area contributed by atoms with Crippen LogP contribution < -0.4 is 43.0 Å². The van der Waals surface area contributed by atoms with Crippen LogP contribution >= 0.6 is 28.3 Å². The number of unbranched alkanes of at least 4 members (excludes halogenated alkanes) is 6. The van der Waals surface area contributed by atoms with Crippen molar-refractivity contribution in [3.8, 4) is 12.3 Å². The second-order valence-electron chi connectivity index (χ2n) is 36.0. The summed E-state index contributed by atoms with van der Waals surface area (Å²) in [6.07, 6.45) is 39.6. The van der Waals surface area contributed by atoms with Crippen molar-refractivity contribution in [3.63, 3.8) is 0 Å². The maximum atomic E-state index is 12.3. The van der Waals surface area contributed by atoms with E-state index in [0.717, 1.165) is 67.5 Å². The van der Waals surface area contributed by atoms with Crippen LogP contribution in [0.3, 0.4) is 0 Å². The molecule has 2 saturated heterocycles. The number of nitrogens with two attached hydrogens (primary N) is 1. The van der Waals surface area contributed by atoms with E-state index in [4.69, 9.17) is 64.6 Å². The zero-order chi connectivity index (χ0) is 104. The Morgan fingerprint density at radius 2 is 0.759 bits per heavy atom. The number of esters is 3. The Kier molecular flexibility index (Phi) is 89.1. The summed E-state index contributed by atoms with van der Waals surface area (Å²) in [6.45, 7) is 37.1. The third kappa shape index (κ3) is 77.2. The van der Waals surface area contributed by atoms with Gasteiger partial charge in [-0.05, 0) is 228 Å². The number of terminal acetylenes is 1. The summed E-state index contributed by atoms with van der Waals surface area (Å²) in [5, 5.41) is 27.0. The molecule has 7 amide bonds. The summed E-state index contributed by atoms with van der Waals surface area (Å²) in [5.74, 6) is -0.0694. The van der Waals surface area contributed by atoms with Crippen molar-refractivity contribution in [1.29, 1.82) is 0 Å². The van der Waals surface area contributed by atoms with E-state index in [0.29, 0.717) is 46.9 Å². The Bertz CT molecular complexity index is 4380. The minimum Gasteiger partial charge on any atom is -0.462 e. The quantitative estimate of drug-likeness (QED) is 0.00495. The standard InChI is InChI=1S/C26H36N2O7.C16H20N2O4.C15H19N2O3.C15H18N2O3.C11H17BrO4.6C4H9.5CH4.ClH.2Sn.H/c1-5-32-24(30)20(15-17-34-23-8-6-7-16-33-23)12-9-19-10-13-21(14-11-19)28-22(29)18-27-25(31)35-26(2,3)4;1-2-22-16(21)13(9-10-19)6-3-12-4-7-14(8-5-12)18-15(20)11-17;2*1-5-11-6-8-12(9-7-11)17-13(18)10-16-14(19)20-15(2,3)4;1-2-14-11(13)9(12)6-8-16-10-5-3-4-7-15-10;6*1-3-4-2;;;;;;;;;/h9-15,23H,5-8,16-18H2,1-4H3,(H,27,31)(H,28,29);3-9,19H,2,10-11,17H2,1H3,(H,18,20);1,5-9H,10H2,2-4H3,(H,16,19)(H,17,18);1,6-9H,10H2,2-4H3,(H,16,19)(H,17,18);6,10H,2-5,7-8H2,1H3;6*1,3-4H2,2H3;5*1H4;1H;;;/b12-9+,20-15+;6-3+,13-9+;;;9-6-;;;;;;;;;;;;;;;. The molecule has 29 nitrogen and oxygen atoms in total. The predicted molar refractivity (Wildman–Crippen MR) is 608 cm³/mol. The van der Waals surface area contributed by atoms with Gasteiger partial charge in [-0.1, -0.05) is 79.5 Å². The van der Waals surface area contributed by atoms with Crippen LogP contribution in [0.4, 0.5) is 37.1 Å². The van der Waals surface area contributed by atoms with Crippen LogP contribution in [0.1, 0.15) is 300 Å². The van der Waals surface area contributed by atoms with Crippen LogP contribution in [-0.4, -0.2) is 211 Å². The number of aliphatic hydroxyl groups excluding tert-OH is 1. The second kappa shape index (κ2) is 88.1. The molecule has 0 radical (unpaired) electrons. The second-order valence-corrected chi connectivity index (χ2v) is 59.7. The average molecular weight is 2330 g/mol. The van der Waals surface area contributed by atoms with Crippen molar-refractivity contribution < 1.29 is 100 Å². The van der Waals surface area contributed by atoms with Gasteiger partial charge in [0.15, 0.2) is 12.6 Å².